The van der Waals surface area contributed by atoms with E-state index in [9.17, 15) is 0 Å². The third-order valence-corrected chi connectivity index (χ3v) is 1.02. The highest BCUT2D eigenvalue weighted by atomic mass is 15.1. The average Bonchev–Trinajstić information content (AvgIpc) is 2.19. The summed E-state index contributed by atoms with van der Waals surface area (Å²) in [5.74, 6) is 0. The molecule has 1 N–H and O–H groups in total. The summed E-state index contributed by atoms with van der Waals surface area (Å²) in [5.41, 5.74) is 1.17. The van der Waals surface area contributed by atoms with E-state index in [-0.39, 0.29) is 0 Å². The molecule has 0 aromatic carbocycles. The highest BCUT2D eigenvalue weighted by molar-refractivity contribution is 4.95. The van der Waals surface area contributed by atoms with Crippen molar-refractivity contribution < 1.29 is 0 Å². The maximum Gasteiger partial charge on any atom is 0.113 e. The number of H-pyrrole nitrogens is 1. The predicted octanol–water partition coefficient (Wildman–Crippen LogP) is 1.16. The normalized spacial score (nSPS) is 9.62. The highest BCUT2D eigenvalue weighted by Crippen LogP contribution is 1.93. The molecule has 0 spiro atoms. The molecular weight excluding hydrogens is 100 g/mol. The van der Waals surface area contributed by atoms with Crippen LogP contribution < -0.4 is 0 Å². The number of nitrogens with zero attached hydrogens (tertiary/aromatic N) is 1. The minimum Gasteiger partial charge on any atom is -0.282 e. The molecule has 1 rings (SSSR count). The standard InChI is InChI=1S/C6H9N2/c1-2-3-6-4-5-7-8-6/h4H,2-3H2,1H3,(H,7,8). The number of hydrogen-bond donors (Lipinski definition) is 1. The fourth-order valence-electron chi connectivity index (χ4n) is 0.644. The Hall–Kier alpha value is -0.790. The van der Waals surface area contributed by atoms with Crippen LogP contribution in [0.15, 0.2) is 6.07 Å². The van der Waals surface area contributed by atoms with Gasteiger partial charge in [0.25, 0.3) is 0 Å². The van der Waals surface area contributed by atoms with E-state index in [1.807, 2.05) is 6.07 Å². The fraction of sp³-hybridized carbons (Fsp3) is 0.500. The van der Waals surface area contributed by atoms with Crippen LogP contribution >= 0.6 is 0 Å². The lowest BCUT2D eigenvalue weighted by Crippen LogP contribution is -1.80. The number of aromatic nitrogens is 2. The minimum atomic E-state index is 1.08. The lowest BCUT2D eigenvalue weighted by atomic mass is 10.3. The quantitative estimate of drug-likeness (QED) is 0.606. The van der Waals surface area contributed by atoms with E-state index in [0.717, 1.165) is 12.8 Å². The molecule has 0 aliphatic carbocycles. The fourth-order valence-corrected chi connectivity index (χ4v) is 0.644. The first-order valence-electron chi connectivity index (χ1n) is 2.84. The lowest BCUT2D eigenvalue weighted by molar-refractivity contribution is 0.867. The van der Waals surface area contributed by atoms with Gasteiger partial charge in [0.15, 0.2) is 0 Å². The van der Waals surface area contributed by atoms with Crippen molar-refractivity contribution in [3.05, 3.63) is 18.0 Å². The van der Waals surface area contributed by atoms with E-state index in [1.165, 1.54) is 5.69 Å². The Bertz CT molecular complexity index is 132. The van der Waals surface area contributed by atoms with Gasteiger partial charge in [0.1, 0.15) is 6.20 Å². The van der Waals surface area contributed by atoms with Crippen molar-refractivity contribution in [3.63, 3.8) is 0 Å². The number of nitrogens with one attached hydrogen (secondary N) is 1. The molecule has 1 radical (unpaired) electrons. The summed E-state index contributed by atoms with van der Waals surface area (Å²) in [4.78, 5) is 0. The van der Waals surface area contributed by atoms with Gasteiger partial charge in [0, 0.05) is 5.69 Å². The zero-order valence-electron chi connectivity index (χ0n) is 4.94. The summed E-state index contributed by atoms with van der Waals surface area (Å²) < 4.78 is 0. The second kappa shape index (κ2) is 2.50. The average molecular weight is 109 g/mol. The summed E-state index contributed by atoms with van der Waals surface area (Å²) >= 11 is 0. The monoisotopic (exact) mass is 109 g/mol. The lowest BCUT2D eigenvalue weighted by Gasteiger charge is -1.86. The van der Waals surface area contributed by atoms with Crippen LogP contribution in [0.2, 0.25) is 0 Å². The molecule has 0 fully saturated rings. The van der Waals surface area contributed by atoms with Crippen molar-refractivity contribution in [1.82, 2.24) is 10.2 Å². The zero-order valence-corrected chi connectivity index (χ0v) is 4.94. The Balaban J connectivity index is 2.50. The SMILES string of the molecule is CCCc1c[c]n[nH]1. The van der Waals surface area contributed by atoms with E-state index in [1.54, 1.807) is 0 Å². The van der Waals surface area contributed by atoms with Crippen molar-refractivity contribution in [2.24, 2.45) is 0 Å². The molecule has 0 aliphatic rings. The maximum absolute atomic E-state index is 3.69. The van der Waals surface area contributed by atoms with E-state index < -0.39 is 0 Å². The van der Waals surface area contributed by atoms with Gasteiger partial charge in [0.05, 0.1) is 0 Å². The van der Waals surface area contributed by atoms with Gasteiger partial charge < -0.3 is 0 Å². The topological polar surface area (TPSA) is 28.7 Å². The van der Waals surface area contributed by atoms with Gasteiger partial charge >= 0.3 is 0 Å². The Morgan fingerprint density at radius 3 is 3.25 bits per heavy atom. The molecule has 0 atom stereocenters. The number of aromatic amines is 1. The molecule has 0 aliphatic heterocycles. The van der Waals surface area contributed by atoms with Crippen molar-refractivity contribution in [3.8, 4) is 0 Å². The van der Waals surface area contributed by atoms with Gasteiger partial charge in [-0.25, -0.2) is 0 Å². The molecular formula is C6H9N2. The van der Waals surface area contributed by atoms with Gasteiger partial charge in [-0.15, -0.1) is 0 Å². The Labute approximate surface area is 48.9 Å². The van der Waals surface area contributed by atoms with Gasteiger partial charge in [-0.3, -0.25) is 5.10 Å². The van der Waals surface area contributed by atoms with E-state index >= 15 is 0 Å². The Kier molecular flexibility index (Phi) is 1.67. The highest BCUT2D eigenvalue weighted by Gasteiger charge is 1.87. The van der Waals surface area contributed by atoms with Crippen molar-refractivity contribution >= 4 is 0 Å². The molecule has 0 amide bonds. The van der Waals surface area contributed by atoms with Gasteiger partial charge in [-0.05, 0) is 12.5 Å². The predicted molar refractivity (Wildman–Crippen MR) is 31.4 cm³/mol. The zero-order chi connectivity index (χ0) is 5.82. The second-order valence-corrected chi connectivity index (χ2v) is 1.77. The van der Waals surface area contributed by atoms with Crippen LogP contribution in [0, 0.1) is 6.20 Å². The van der Waals surface area contributed by atoms with Crippen LogP contribution in [0.1, 0.15) is 19.0 Å². The molecule has 0 bridgehead atoms. The first kappa shape index (κ1) is 5.35. The Morgan fingerprint density at radius 2 is 2.75 bits per heavy atom. The van der Waals surface area contributed by atoms with Crippen molar-refractivity contribution in [1.29, 1.82) is 0 Å². The first-order valence-corrected chi connectivity index (χ1v) is 2.84. The van der Waals surface area contributed by atoms with Crippen LogP contribution in [0.4, 0.5) is 0 Å². The number of aryl methyl sites for hydroxylation is 1. The molecule has 2 nitrogen and oxygen atoms in total. The molecule has 0 saturated carbocycles. The van der Waals surface area contributed by atoms with Crippen LogP contribution in [0.25, 0.3) is 0 Å². The molecule has 1 aromatic rings. The summed E-state index contributed by atoms with van der Waals surface area (Å²) in [6, 6.07) is 1.88. The molecule has 0 saturated heterocycles. The van der Waals surface area contributed by atoms with Gasteiger partial charge in [0.2, 0.25) is 0 Å². The summed E-state index contributed by atoms with van der Waals surface area (Å²) in [5, 5.41) is 6.52. The third kappa shape index (κ3) is 1.09. The van der Waals surface area contributed by atoms with E-state index in [4.69, 9.17) is 0 Å². The van der Waals surface area contributed by atoms with Crippen molar-refractivity contribution in [2.45, 2.75) is 19.8 Å². The third-order valence-electron chi connectivity index (χ3n) is 1.02. The summed E-state index contributed by atoms with van der Waals surface area (Å²) in [7, 11) is 0. The molecule has 43 valence electrons. The molecule has 1 heterocycles. The largest absolute Gasteiger partial charge is 0.282 e. The van der Waals surface area contributed by atoms with Crippen LogP contribution in [-0.2, 0) is 6.42 Å². The van der Waals surface area contributed by atoms with E-state index in [0.29, 0.717) is 0 Å². The smallest absolute Gasteiger partial charge is 0.113 e. The Morgan fingerprint density at radius 1 is 1.88 bits per heavy atom. The molecule has 2 heteroatoms. The van der Waals surface area contributed by atoms with Crippen LogP contribution in [-0.4, -0.2) is 10.2 Å². The van der Waals surface area contributed by atoms with Crippen LogP contribution in [0.5, 0.6) is 0 Å². The first-order chi connectivity index (χ1) is 3.93. The number of rotatable bonds is 2. The minimum absolute atomic E-state index is 1.08. The van der Waals surface area contributed by atoms with Gasteiger partial charge in [-0.1, -0.05) is 13.3 Å². The maximum atomic E-state index is 3.69. The molecule has 8 heavy (non-hydrogen) atoms. The summed E-state index contributed by atoms with van der Waals surface area (Å²) in [6.07, 6.45) is 4.95. The molecule has 1 aromatic heterocycles. The second-order valence-electron chi connectivity index (χ2n) is 1.77. The van der Waals surface area contributed by atoms with Gasteiger partial charge in [-0.2, -0.15) is 5.10 Å². The van der Waals surface area contributed by atoms with E-state index in [2.05, 4.69) is 23.3 Å². The summed E-state index contributed by atoms with van der Waals surface area (Å²) in [6.45, 7) is 2.14. The number of hydrogen-bond acceptors (Lipinski definition) is 1. The van der Waals surface area contributed by atoms with Crippen molar-refractivity contribution in [2.75, 3.05) is 0 Å². The molecule has 0 unspecified atom stereocenters. The van der Waals surface area contributed by atoms with Crippen LogP contribution in [0.3, 0.4) is 0 Å².